The van der Waals surface area contributed by atoms with E-state index in [4.69, 9.17) is 5.73 Å². The summed E-state index contributed by atoms with van der Waals surface area (Å²) in [7, 11) is 0. The molecule has 0 saturated heterocycles. The van der Waals surface area contributed by atoms with E-state index in [0.717, 1.165) is 31.2 Å². The van der Waals surface area contributed by atoms with Gasteiger partial charge in [-0.1, -0.05) is 63.1 Å². The van der Waals surface area contributed by atoms with Gasteiger partial charge in [0.1, 0.15) is 0 Å². The average Bonchev–Trinajstić information content (AvgIpc) is 2.46. The van der Waals surface area contributed by atoms with Gasteiger partial charge < -0.3 is 10.8 Å². The van der Waals surface area contributed by atoms with Gasteiger partial charge in [0.15, 0.2) is 0 Å². The van der Waals surface area contributed by atoms with Crippen LogP contribution in [0.25, 0.3) is 10.8 Å². The van der Waals surface area contributed by atoms with E-state index < -0.39 is 5.60 Å². The molecule has 0 spiro atoms. The standard InChI is InChI=1S/C18H25NO/c1-3-11-18(20,12-4-2)17(19)16-10-9-14-7-5-6-8-15(14)13-16/h5-10,13,17,20H,3-4,11-12,19H2,1-2H3. The summed E-state index contributed by atoms with van der Waals surface area (Å²) < 4.78 is 0. The van der Waals surface area contributed by atoms with Gasteiger partial charge in [-0.05, 0) is 35.2 Å². The average molecular weight is 271 g/mol. The van der Waals surface area contributed by atoms with Gasteiger partial charge in [-0.15, -0.1) is 0 Å². The molecule has 2 nitrogen and oxygen atoms in total. The van der Waals surface area contributed by atoms with Gasteiger partial charge in [-0.2, -0.15) is 0 Å². The Hall–Kier alpha value is -1.38. The van der Waals surface area contributed by atoms with E-state index >= 15 is 0 Å². The van der Waals surface area contributed by atoms with Gasteiger partial charge in [-0.3, -0.25) is 0 Å². The van der Waals surface area contributed by atoms with Crippen LogP contribution < -0.4 is 5.73 Å². The summed E-state index contributed by atoms with van der Waals surface area (Å²) in [5.41, 5.74) is 6.61. The zero-order valence-corrected chi connectivity index (χ0v) is 12.5. The minimum atomic E-state index is -0.800. The largest absolute Gasteiger partial charge is 0.388 e. The molecule has 2 rings (SSSR count). The van der Waals surface area contributed by atoms with Crippen molar-refractivity contribution in [2.75, 3.05) is 0 Å². The van der Waals surface area contributed by atoms with Gasteiger partial charge in [0.05, 0.1) is 11.6 Å². The van der Waals surface area contributed by atoms with Crippen LogP contribution in [0.2, 0.25) is 0 Å². The Balaban J connectivity index is 2.35. The Bertz CT molecular complexity index is 558. The molecule has 0 aliphatic rings. The fraction of sp³-hybridized carbons (Fsp3) is 0.444. The topological polar surface area (TPSA) is 46.2 Å². The fourth-order valence-corrected chi connectivity index (χ4v) is 3.01. The lowest BCUT2D eigenvalue weighted by Crippen LogP contribution is -2.41. The van der Waals surface area contributed by atoms with E-state index in [0.29, 0.717) is 0 Å². The normalized spacial score (nSPS) is 13.6. The first-order valence-electron chi connectivity index (χ1n) is 7.57. The number of benzene rings is 2. The second-order valence-corrected chi connectivity index (χ2v) is 5.69. The summed E-state index contributed by atoms with van der Waals surface area (Å²) in [5.74, 6) is 0. The zero-order valence-electron chi connectivity index (χ0n) is 12.5. The second-order valence-electron chi connectivity index (χ2n) is 5.69. The predicted molar refractivity (Wildman–Crippen MR) is 85.6 cm³/mol. The van der Waals surface area contributed by atoms with Gasteiger partial charge in [0.25, 0.3) is 0 Å². The molecule has 2 heteroatoms. The maximum atomic E-state index is 10.9. The van der Waals surface area contributed by atoms with Crippen molar-refractivity contribution in [1.82, 2.24) is 0 Å². The SMILES string of the molecule is CCCC(O)(CCC)C(N)c1ccc2ccccc2c1. The van der Waals surface area contributed by atoms with E-state index in [2.05, 4.69) is 38.1 Å². The molecule has 0 radical (unpaired) electrons. The minimum Gasteiger partial charge on any atom is -0.388 e. The number of hydrogen-bond acceptors (Lipinski definition) is 2. The Morgan fingerprint density at radius 2 is 1.60 bits per heavy atom. The van der Waals surface area contributed by atoms with Crippen LogP contribution in [-0.4, -0.2) is 10.7 Å². The maximum absolute atomic E-state index is 10.9. The fourth-order valence-electron chi connectivity index (χ4n) is 3.01. The first-order valence-corrected chi connectivity index (χ1v) is 7.57. The predicted octanol–water partition coefficient (Wildman–Crippen LogP) is 4.17. The first kappa shape index (κ1) is 15.0. The van der Waals surface area contributed by atoms with Crippen LogP contribution in [0.15, 0.2) is 42.5 Å². The van der Waals surface area contributed by atoms with Crippen molar-refractivity contribution in [2.45, 2.75) is 51.2 Å². The van der Waals surface area contributed by atoms with Crippen molar-refractivity contribution >= 4 is 10.8 Å². The number of fused-ring (bicyclic) bond motifs is 1. The molecule has 2 aromatic rings. The summed E-state index contributed by atoms with van der Waals surface area (Å²) in [6.07, 6.45) is 3.37. The summed E-state index contributed by atoms with van der Waals surface area (Å²) in [5, 5.41) is 13.3. The Morgan fingerprint density at radius 3 is 2.20 bits per heavy atom. The lowest BCUT2D eigenvalue weighted by Gasteiger charge is -2.34. The van der Waals surface area contributed by atoms with Crippen LogP contribution in [0.4, 0.5) is 0 Å². The molecule has 0 heterocycles. The monoisotopic (exact) mass is 271 g/mol. The second kappa shape index (κ2) is 6.38. The molecule has 2 aromatic carbocycles. The zero-order chi connectivity index (χ0) is 14.6. The molecule has 1 unspecified atom stereocenters. The Kier molecular flexibility index (Phi) is 4.79. The van der Waals surface area contributed by atoms with Gasteiger partial charge >= 0.3 is 0 Å². The summed E-state index contributed by atoms with van der Waals surface area (Å²) in [6.45, 7) is 4.18. The van der Waals surface area contributed by atoms with Gasteiger partial charge in [-0.25, -0.2) is 0 Å². The molecule has 0 saturated carbocycles. The molecule has 1 atom stereocenters. The smallest absolute Gasteiger partial charge is 0.0839 e. The lowest BCUT2D eigenvalue weighted by atomic mass is 9.81. The molecular weight excluding hydrogens is 246 g/mol. The molecular formula is C18H25NO. The van der Waals surface area contributed by atoms with Crippen molar-refractivity contribution < 1.29 is 5.11 Å². The summed E-state index contributed by atoms with van der Waals surface area (Å²) in [6, 6.07) is 14.2. The number of hydrogen-bond donors (Lipinski definition) is 2. The van der Waals surface area contributed by atoms with E-state index in [1.165, 1.54) is 10.8 Å². The Labute approximate surface area is 121 Å². The van der Waals surface area contributed by atoms with Crippen LogP contribution >= 0.6 is 0 Å². The highest BCUT2D eigenvalue weighted by molar-refractivity contribution is 5.83. The summed E-state index contributed by atoms with van der Waals surface area (Å²) in [4.78, 5) is 0. The quantitative estimate of drug-likeness (QED) is 0.828. The van der Waals surface area contributed by atoms with Crippen molar-refractivity contribution in [2.24, 2.45) is 5.73 Å². The van der Waals surface area contributed by atoms with Crippen molar-refractivity contribution in [3.05, 3.63) is 48.0 Å². The number of rotatable bonds is 6. The van der Waals surface area contributed by atoms with Crippen LogP contribution in [0.3, 0.4) is 0 Å². The van der Waals surface area contributed by atoms with E-state index in [-0.39, 0.29) is 6.04 Å². The molecule has 0 aliphatic carbocycles. The van der Waals surface area contributed by atoms with E-state index in [1.54, 1.807) is 0 Å². The highest BCUT2D eigenvalue weighted by Crippen LogP contribution is 2.33. The number of aliphatic hydroxyl groups is 1. The highest BCUT2D eigenvalue weighted by atomic mass is 16.3. The lowest BCUT2D eigenvalue weighted by molar-refractivity contribution is -0.00451. The molecule has 0 fully saturated rings. The van der Waals surface area contributed by atoms with Crippen LogP contribution in [0.5, 0.6) is 0 Å². The van der Waals surface area contributed by atoms with Crippen LogP contribution in [0.1, 0.15) is 51.1 Å². The minimum absolute atomic E-state index is 0.327. The first-order chi connectivity index (χ1) is 9.60. The van der Waals surface area contributed by atoms with Gasteiger partial charge in [0.2, 0.25) is 0 Å². The molecule has 0 aliphatic heterocycles. The van der Waals surface area contributed by atoms with Crippen molar-refractivity contribution in [1.29, 1.82) is 0 Å². The molecule has 20 heavy (non-hydrogen) atoms. The molecule has 3 N–H and O–H groups in total. The third-order valence-electron chi connectivity index (χ3n) is 4.08. The third kappa shape index (κ3) is 3.02. The Morgan fingerprint density at radius 1 is 1.00 bits per heavy atom. The molecule has 0 bridgehead atoms. The molecule has 0 aromatic heterocycles. The third-order valence-corrected chi connectivity index (χ3v) is 4.08. The van der Waals surface area contributed by atoms with Crippen LogP contribution in [-0.2, 0) is 0 Å². The molecule has 108 valence electrons. The van der Waals surface area contributed by atoms with Gasteiger partial charge in [0, 0.05) is 0 Å². The molecule has 0 amide bonds. The van der Waals surface area contributed by atoms with Crippen LogP contribution in [0, 0.1) is 0 Å². The highest BCUT2D eigenvalue weighted by Gasteiger charge is 2.33. The van der Waals surface area contributed by atoms with Crippen molar-refractivity contribution in [3.63, 3.8) is 0 Å². The summed E-state index contributed by atoms with van der Waals surface area (Å²) >= 11 is 0. The van der Waals surface area contributed by atoms with E-state index in [9.17, 15) is 5.11 Å². The number of nitrogens with two attached hydrogens (primary N) is 1. The van der Waals surface area contributed by atoms with Crippen molar-refractivity contribution in [3.8, 4) is 0 Å². The maximum Gasteiger partial charge on any atom is 0.0839 e. The van der Waals surface area contributed by atoms with E-state index in [1.807, 2.05) is 18.2 Å².